The Morgan fingerprint density at radius 1 is 0.338 bits per heavy atom. The first-order valence-corrected chi connectivity index (χ1v) is 24.1. The highest BCUT2D eigenvalue weighted by Crippen LogP contribution is 2.64. The van der Waals surface area contributed by atoms with Crippen molar-refractivity contribution in [1.29, 1.82) is 0 Å². The van der Waals surface area contributed by atoms with E-state index in [1.807, 2.05) is 23.5 Å². The molecule has 1 atom stereocenters. The van der Waals surface area contributed by atoms with Crippen molar-refractivity contribution < 1.29 is 4.42 Å². The van der Waals surface area contributed by atoms with Gasteiger partial charge in [-0.1, -0.05) is 176 Å². The van der Waals surface area contributed by atoms with Gasteiger partial charge in [0.05, 0.1) is 11.7 Å². The predicted molar refractivity (Wildman–Crippen MR) is 284 cm³/mol. The lowest BCUT2D eigenvalue weighted by Crippen LogP contribution is -2.29. The number of nitrogens with zero attached hydrogens (tertiary/aromatic N) is 1. The largest absolute Gasteiger partial charge is 0.464 e. The zero-order chi connectivity index (χ0) is 44.8. The summed E-state index contributed by atoms with van der Waals surface area (Å²) in [6.45, 7) is 0. The lowest BCUT2D eigenvalue weighted by molar-refractivity contribution is 0.582. The van der Waals surface area contributed by atoms with Gasteiger partial charge in [0.15, 0.2) is 0 Å². The van der Waals surface area contributed by atoms with Crippen molar-refractivity contribution in [3.05, 3.63) is 271 Å². The number of furan rings is 1. The van der Waals surface area contributed by atoms with Gasteiger partial charge in [0, 0.05) is 42.8 Å². The molecule has 318 valence electrons. The average Bonchev–Trinajstić information content (AvgIpc) is 4.14. The SMILES string of the molecule is c1ccc(-c2ccc(N(c3ccc(-c4cccc(-c5ccco5)c4)cc3)c3ccc4c(c3)C3(c5ccccc5-c5ccccc5-4)c4ccccc4-c4c3ccc3sc5ccccc5c43)cc2)cc1. The third kappa shape index (κ3) is 5.76. The molecule has 14 rings (SSSR count). The van der Waals surface area contributed by atoms with E-state index < -0.39 is 5.41 Å². The summed E-state index contributed by atoms with van der Waals surface area (Å²) in [5.74, 6) is 0.862. The van der Waals surface area contributed by atoms with Crippen LogP contribution in [0.5, 0.6) is 0 Å². The van der Waals surface area contributed by atoms with Crippen LogP contribution in [-0.4, -0.2) is 0 Å². The molecule has 0 amide bonds. The molecule has 0 fully saturated rings. The van der Waals surface area contributed by atoms with Gasteiger partial charge in [-0.25, -0.2) is 0 Å². The molecule has 2 aliphatic rings. The Kier molecular flexibility index (Phi) is 8.71. The van der Waals surface area contributed by atoms with E-state index in [4.69, 9.17) is 4.42 Å². The Labute approximate surface area is 399 Å². The molecule has 3 heteroatoms. The lowest BCUT2D eigenvalue weighted by Gasteiger charge is -2.36. The highest BCUT2D eigenvalue weighted by molar-refractivity contribution is 7.26. The molecular weight excluding hydrogens is 843 g/mol. The third-order valence-corrected chi connectivity index (χ3v) is 15.5. The molecule has 12 aromatic rings. The summed E-state index contributed by atoms with van der Waals surface area (Å²) in [5, 5.41) is 2.66. The molecule has 1 spiro atoms. The van der Waals surface area contributed by atoms with Crippen LogP contribution in [0.4, 0.5) is 17.1 Å². The van der Waals surface area contributed by atoms with Crippen molar-refractivity contribution in [2.75, 3.05) is 4.90 Å². The van der Waals surface area contributed by atoms with Gasteiger partial charge in [-0.15, -0.1) is 11.3 Å². The van der Waals surface area contributed by atoms with Gasteiger partial charge in [-0.2, -0.15) is 0 Å². The molecule has 2 heterocycles. The maximum Gasteiger partial charge on any atom is 0.133 e. The van der Waals surface area contributed by atoms with Crippen LogP contribution in [0.2, 0.25) is 0 Å². The number of hydrogen-bond acceptors (Lipinski definition) is 3. The first-order valence-electron chi connectivity index (χ1n) is 23.3. The fourth-order valence-corrected chi connectivity index (χ4v) is 12.6. The van der Waals surface area contributed by atoms with Crippen LogP contribution in [-0.2, 0) is 5.41 Å². The summed E-state index contributed by atoms with van der Waals surface area (Å²) >= 11 is 1.89. The highest BCUT2D eigenvalue weighted by atomic mass is 32.1. The zero-order valence-electron chi connectivity index (χ0n) is 36.9. The Morgan fingerprint density at radius 3 is 1.65 bits per heavy atom. The minimum atomic E-state index is -0.643. The molecule has 0 N–H and O–H groups in total. The summed E-state index contributed by atoms with van der Waals surface area (Å²) in [7, 11) is 0. The van der Waals surface area contributed by atoms with Gasteiger partial charge in [0.1, 0.15) is 5.76 Å². The summed E-state index contributed by atoms with van der Waals surface area (Å²) in [4.78, 5) is 2.44. The topological polar surface area (TPSA) is 16.4 Å². The van der Waals surface area contributed by atoms with Crippen molar-refractivity contribution >= 4 is 48.6 Å². The maximum atomic E-state index is 5.78. The number of hydrogen-bond donors (Lipinski definition) is 0. The van der Waals surface area contributed by atoms with Crippen LogP contribution >= 0.6 is 11.3 Å². The van der Waals surface area contributed by atoms with Crippen molar-refractivity contribution in [1.82, 2.24) is 0 Å². The van der Waals surface area contributed by atoms with E-state index in [0.29, 0.717) is 0 Å². The van der Waals surface area contributed by atoms with Gasteiger partial charge < -0.3 is 9.32 Å². The quantitative estimate of drug-likeness (QED) is 0.165. The van der Waals surface area contributed by atoms with Gasteiger partial charge in [0.2, 0.25) is 0 Å². The summed E-state index contributed by atoms with van der Waals surface area (Å²) in [6.07, 6.45) is 1.73. The predicted octanol–water partition coefficient (Wildman–Crippen LogP) is 18.1. The highest BCUT2D eigenvalue weighted by Gasteiger charge is 2.50. The molecular formula is C65H41NOS. The van der Waals surface area contributed by atoms with Gasteiger partial charge >= 0.3 is 0 Å². The van der Waals surface area contributed by atoms with Crippen LogP contribution < -0.4 is 4.90 Å². The molecule has 2 aliphatic carbocycles. The number of anilines is 3. The molecule has 10 aromatic carbocycles. The lowest BCUT2D eigenvalue weighted by atomic mass is 9.65. The number of rotatable bonds is 6. The fraction of sp³-hybridized carbons (Fsp3) is 0.0154. The molecule has 0 saturated carbocycles. The second-order valence-electron chi connectivity index (χ2n) is 17.9. The van der Waals surface area contributed by atoms with Crippen LogP contribution in [0.25, 0.3) is 87.1 Å². The monoisotopic (exact) mass is 883 g/mol. The van der Waals surface area contributed by atoms with E-state index in [2.05, 4.69) is 235 Å². The van der Waals surface area contributed by atoms with Gasteiger partial charge in [-0.3, -0.25) is 0 Å². The van der Waals surface area contributed by atoms with Gasteiger partial charge in [-0.05, 0) is 145 Å². The van der Waals surface area contributed by atoms with E-state index in [0.717, 1.165) is 39.5 Å². The first-order chi connectivity index (χ1) is 33.7. The molecule has 0 bridgehead atoms. The number of thiophene rings is 1. The molecule has 0 radical (unpaired) electrons. The first kappa shape index (κ1) is 38.7. The Bertz CT molecular complexity index is 3900. The number of benzene rings is 10. The molecule has 0 aliphatic heterocycles. The average molecular weight is 884 g/mol. The van der Waals surface area contributed by atoms with E-state index in [9.17, 15) is 0 Å². The fourth-order valence-electron chi connectivity index (χ4n) is 11.5. The van der Waals surface area contributed by atoms with Crippen LogP contribution in [0.15, 0.2) is 253 Å². The molecule has 2 aromatic heterocycles. The summed E-state index contributed by atoms with van der Waals surface area (Å²) < 4.78 is 8.41. The van der Waals surface area contributed by atoms with E-state index in [-0.39, 0.29) is 0 Å². The van der Waals surface area contributed by atoms with Crippen molar-refractivity contribution in [3.8, 4) is 67.0 Å². The minimum absolute atomic E-state index is 0.643. The van der Waals surface area contributed by atoms with Gasteiger partial charge in [0.25, 0.3) is 0 Å². The summed E-state index contributed by atoms with van der Waals surface area (Å²) in [6, 6.07) is 89.7. The second kappa shape index (κ2) is 15.3. The van der Waals surface area contributed by atoms with Crippen molar-refractivity contribution in [3.63, 3.8) is 0 Å². The van der Waals surface area contributed by atoms with Crippen LogP contribution in [0, 0.1) is 0 Å². The second-order valence-corrected chi connectivity index (χ2v) is 19.0. The molecule has 2 nitrogen and oxygen atoms in total. The Morgan fingerprint density at radius 2 is 0.912 bits per heavy atom. The molecule has 0 saturated heterocycles. The summed E-state index contributed by atoms with van der Waals surface area (Å²) in [5.41, 5.74) is 21.2. The molecule has 68 heavy (non-hydrogen) atoms. The Balaban J connectivity index is 1.03. The van der Waals surface area contributed by atoms with Crippen LogP contribution in [0.1, 0.15) is 22.3 Å². The minimum Gasteiger partial charge on any atom is -0.464 e. The maximum absolute atomic E-state index is 5.78. The van der Waals surface area contributed by atoms with E-state index >= 15 is 0 Å². The van der Waals surface area contributed by atoms with Crippen molar-refractivity contribution in [2.24, 2.45) is 0 Å². The van der Waals surface area contributed by atoms with E-state index in [1.54, 1.807) is 6.26 Å². The zero-order valence-corrected chi connectivity index (χ0v) is 37.8. The Hall–Kier alpha value is -8.50. The van der Waals surface area contributed by atoms with Crippen LogP contribution in [0.3, 0.4) is 0 Å². The standard InChI is InChI=1S/C65H41NOS/c1-2-14-42(15-3-1)43-27-31-47(32-28-43)66(48-33-29-44(30-34-48)45-16-12-17-46(40-45)60-25-13-39-67-60)49-35-36-53-51-19-5-4-18-50(51)52-20-6-9-23-56(52)65(59(53)41-49)57-24-10-7-21-54(57)63-58(65)37-38-62-64(63)55-22-8-11-26-61(55)68-62/h1-41H. The van der Waals surface area contributed by atoms with E-state index in [1.165, 1.54) is 86.9 Å². The van der Waals surface area contributed by atoms with Crippen molar-refractivity contribution in [2.45, 2.75) is 5.41 Å². The number of fused-ring (bicyclic) bond motifs is 16. The molecule has 1 unspecified atom stereocenters. The third-order valence-electron chi connectivity index (χ3n) is 14.4. The normalized spacial score (nSPS) is 14.2. The smallest absolute Gasteiger partial charge is 0.133 e.